The van der Waals surface area contributed by atoms with Gasteiger partial charge in [0.25, 0.3) is 5.91 Å². The van der Waals surface area contributed by atoms with Crippen LogP contribution < -0.4 is 10.6 Å². The number of nitrogens with zero attached hydrogens (tertiary/aromatic N) is 5. The fraction of sp³-hybridized carbons (Fsp3) is 0. The van der Waals surface area contributed by atoms with Crippen LogP contribution in [0.25, 0.3) is 16.0 Å². The van der Waals surface area contributed by atoms with Crippen LogP contribution in [0, 0.1) is 0 Å². The Kier molecular flexibility index (Phi) is 4.62. The van der Waals surface area contributed by atoms with E-state index in [1.54, 1.807) is 28.5 Å². The van der Waals surface area contributed by atoms with E-state index < -0.39 is 0 Å². The number of fused-ring (bicyclic) bond motifs is 1. The second-order valence-electron chi connectivity index (χ2n) is 6.40. The normalized spacial score (nSPS) is 10.8. The highest BCUT2D eigenvalue weighted by atomic mass is 32.1. The van der Waals surface area contributed by atoms with E-state index in [0.717, 1.165) is 15.9 Å². The summed E-state index contributed by atoms with van der Waals surface area (Å²) in [6, 6.07) is 16.5. The Morgan fingerprint density at radius 2 is 1.83 bits per heavy atom. The zero-order valence-electron chi connectivity index (χ0n) is 15.6. The molecule has 0 aliphatic heterocycles. The molecule has 3 heterocycles. The van der Waals surface area contributed by atoms with Crippen LogP contribution in [0.4, 0.5) is 17.2 Å². The van der Waals surface area contributed by atoms with Crippen LogP contribution in [-0.2, 0) is 0 Å². The summed E-state index contributed by atoms with van der Waals surface area (Å²) < 4.78 is 2.65. The molecule has 0 saturated carbocycles. The van der Waals surface area contributed by atoms with Crippen LogP contribution in [0.5, 0.6) is 0 Å². The number of thiazole rings is 1. The average molecular weight is 413 g/mol. The predicted octanol–water partition coefficient (Wildman–Crippen LogP) is 4.27. The van der Waals surface area contributed by atoms with E-state index in [1.165, 1.54) is 17.7 Å². The third kappa shape index (κ3) is 3.74. The van der Waals surface area contributed by atoms with Gasteiger partial charge < -0.3 is 10.6 Å². The van der Waals surface area contributed by atoms with Crippen molar-refractivity contribution in [3.05, 3.63) is 84.4 Å². The molecule has 146 valence electrons. The molecule has 0 radical (unpaired) electrons. The summed E-state index contributed by atoms with van der Waals surface area (Å²) in [5.74, 6) is 1.15. The van der Waals surface area contributed by atoms with Gasteiger partial charge in [0.15, 0.2) is 5.82 Å². The molecule has 5 rings (SSSR count). The van der Waals surface area contributed by atoms with E-state index in [4.69, 9.17) is 0 Å². The number of benzene rings is 2. The zero-order chi connectivity index (χ0) is 20.3. The molecule has 0 aliphatic carbocycles. The Labute approximate surface area is 175 Å². The van der Waals surface area contributed by atoms with E-state index >= 15 is 0 Å². The molecule has 0 fully saturated rings. The number of aromatic nitrogens is 5. The Balaban J connectivity index is 1.27. The first-order valence-electron chi connectivity index (χ1n) is 9.08. The van der Waals surface area contributed by atoms with Gasteiger partial charge in [-0.2, -0.15) is 5.10 Å². The topological polar surface area (TPSA) is 97.6 Å². The number of hydrogen-bond donors (Lipinski definition) is 2. The smallest absolute Gasteiger partial charge is 0.255 e. The van der Waals surface area contributed by atoms with Crippen LogP contribution in [0.2, 0.25) is 0 Å². The van der Waals surface area contributed by atoms with Gasteiger partial charge in [0.2, 0.25) is 0 Å². The highest BCUT2D eigenvalue weighted by molar-refractivity contribution is 7.16. The number of carbonyl (C=O) groups excluding carboxylic acids is 1. The van der Waals surface area contributed by atoms with Crippen LogP contribution >= 0.6 is 11.3 Å². The van der Waals surface area contributed by atoms with Crippen LogP contribution in [0.15, 0.2) is 78.8 Å². The van der Waals surface area contributed by atoms with Crippen molar-refractivity contribution in [2.75, 3.05) is 10.6 Å². The molecule has 1 amide bonds. The summed E-state index contributed by atoms with van der Waals surface area (Å²) in [6.45, 7) is 0. The first kappa shape index (κ1) is 18.0. The Morgan fingerprint density at radius 1 is 0.967 bits per heavy atom. The van der Waals surface area contributed by atoms with Crippen molar-refractivity contribution >= 4 is 44.7 Å². The first-order valence-corrected chi connectivity index (χ1v) is 9.96. The summed E-state index contributed by atoms with van der Waals surface area (Å²) in [7, 11) is 0. The average Bonchev–Trinajstić information content (AvgIpc) is 3.47. The van der Waals surface area contributed by atoms with Gasteiger partial charge in [0.05, 0.1) is 15.7 Å². The summed E-state index contributed by atoms with van der Waals surface area (Å²) in [6.07, 6.45) is 4.99. The zero-order valence-corrected chi connectivity index (χ0v) is 16.4. The summed E-state index contributed by atoms with van der Waals surface area (Å²) in [4.78, 5) is 25.2. The van der Waals surface area contributed by atoms with Crippen LogP contribution in [-0.4, -0.2) is 30.6 Å². The molecule has 0 aliphatic rings. The molecule has 9 heteroatoms. The minimum atomic E-state index is -0.161. The maximum Gasteiger partial charge on any atom is 0.255 e. The van der Waals surface area contributed by atoms with Crippen LogP contribution in [0.3, 0.4) is 0 Å². The Morgan fingerprint density at radius 3 is 2.67 bits per heavy atom. The van der Waals surface area contributed by atoms with Gasteiger partial charge in [-0.3, -0.25) is 4.79 Å². The van der Waals surface area contributed by atoms with Crippen molar-refractivity contribution in [2.24, 2.45) is 0 Å². The summed E-state index contributed by atoms with van der Waals surface area (Å²) >= 11 is 1.51. The summed E-state index contributed by atoms with van der Waals surface area (Å²) in [5, 5.41) is 10.3. The summed E-state index contributed by atoms with van der Waals surface area (Å²) in [5.41, 5.74) is 4.81. The molecule has 0 atom stereocenters. The predicted molar refractivity (Wildman–Crippen MR) is 116 cm³/mol. The molecule has 0 bridgehead atoms. The molecule has 0 unspecified atom stereocenters. The molecule has 2 N–H and O–H groups in total. The molecular formula is C21H15N7OS. The standard InChI is InChI=1S/C21H15N7OS/c29-21(14-2-7-17-18(10-14)30-13-24-17)27-16-5-3-15(4-6-16)26-19-11-20(23-12-22-19)28-9-1-8-25-28/h1-13H,(H,27,29)(H,22,23,26). The van der Waals surface area contributed by atoms with E-state index in [2.05, 4.69) is 30.7 Å². The van der Waals surface area contributed by atoms with Crippen molar-refractivity contribution in [3.8, 4) is 5.82 Å². The number of nitrogens with one attached hydrogen (secondary N) is 2. The molecule has 8 nitrogen and oxygen atoms in total. The second kappa shape index (κ2) is 7.72. The maximum atomic E-state index is 12.5. The van der Waals surface area contributed by atoms with Gasteiger partial charge in [-0.15, -0.1) is 11.3 Å². The lowest BCUT2D eigenvalue weighted by Crippen LogP contribution is -2.11. The van der Waals surface area contributed by atoms with E-state index in [0.29, 0.717) is 22.9 Å². The number of rotatable bonds is 5. The Hall–Kier alpha value is -4.11. The highest BCUT2D eigenvalue weighted by Gasteiger charge is 2.08. The first-order chi connectivity index (χ1) is 14.7. The fourth-order valence-corrected chi connectivity index (χ4v) is 3.65. The van der Waals surface area contributed by atoms with Crippen molar-refractivity contribution in [2.45, 2.75) is 0 Å². The quantitative estimate of drug-likeness (QED) is 0.447. The van der Waals surface area contributed by atoms with Crippen molar-refractivity contribution in [1.82, 2.24) is 24.7 Å². The van der Waals surface area contributed by atoms with Gasteiger partial charge in [0, 0.05) is 35.4 Å². The molecule has 5 aromatic rings. The van der Waals surface area contributed by atoms with Gasteiger partial charge >= 0.3 is 0 Å². The van der Waals surface area contributed by atoms with E-state index in [-0.39, 0.29) is 5.91 Å². The lowest BCUT2D eigenvalue weighted by molar-refractivity contribution is 0.102. The number of carbonyl (C=O) groups is 1. The second-order valence-corrected chi connectivity index (χ2v) is 7.29. The van der Waals surface area contributed by atoms with Crippen molar-refractivity contribution in [1.29, 1.82) is 0 Å². The Bertz CT molecular complexity index is 1310. The van der Waals surface area contributed by atoms with Gasteiger partial charge in [-0.05, 0) is 48.5 Å². The monoisotopic (exact) mass is 413 g/mol. The molecule has 0 saturated heterocycles. The van der Waals surface area contributed by atoms with Gasteiger partial charge in [0.1, 0.15) is 12.1 Å². The number of hydrogen-bond acceptors (Lipinski definition) is 7. The number of amides is 1. The minimum absolute atomic E-state index is 0.161. The van der Waals surface area contributed by atoms with Crippen molar-refractivity contribution in [3.63, 3.8) is 0 Å². The maximum absolute atomic E-state index is 12.5. The molecule has 30 heavy (non-hydrogen) atoms. The fourth-order valence-electron chi connectivity index (χ4n) is 2.93. The third-order valence-corrected chi connectivity index (χ3v) is 5.19. The van der Waals surface area contributed by atoms with E-state index in [9.17, 15) is 4.79 Å². The molecule has 0 spiro atoms. The van der Waals surface area contributed by atoms with Crippen molar-refractivity contribution < 1.29 is 4.79 Å². The largest absolute Gasteiger partial charge is 0.340 e. The van der Waals surface area contributed by atoms with Gasteiger partial charge in [-0.1, -0.05) is 0 Å². The van der Waals surface area contributed by atoms with E-state index in [1.807, 2.05) is 48.7 Å². The highest BCUT2D eigenvalue weighted by Crippen LogP contribution is 2.21. The molecule has 2 aromatic carbocycles. The number of anilines is 3. The lowest BCUT2D eigenvalue weighted by atomic mass is 10.2. The minimum Gasteiger partial charge on any atom is -0.340 e. The SMILES string of the molecule is O=C(Nc1ccc(Nc2cc(-n3cccn3)ncn2)cc1)c1ccc2ncsc2c1. The third-order valence-electron chi connectivity index (χ3n) is 4.40. The molecular weight excluding hydrogens is 398 g/mol. The van der Waals surface area contributed by atoms with Crippen LogP contribution in [0.1, 0.15) is 10.4 Å². The molecule has 3 aromatic heterocycles. The lowest BCUT2D eigenvalue weighted by Gasteiger charge is -2.09. The van der Waals surface area contributed by atoms with Gasteiger partial charge in [-0.25, -0.2) is 19.6 Å².